The normalized spacial score (nSPS) is 11.8. The largest absolute Gasteiger partial charge is 0.323 e. The van der Waals surface area contributed by atoms with Gasteiger partial charge < -0.3 is 9.88 Å². The van der Waals surface area contributed by atoms with Gasteiger partial charge in [-0.3, -0.25) is 0 Å². The van der Waals surface area contributed by atoms with Crippen LogP contribution in [0.15, 0.2) is 12.5 Å². The van der Waals surface area contributed by atoms with E-state index in [1.165, 1.54) is 5.69 Å². The van der Waals surface area contributed by atoms with Gasteiger partial charge in [-0.15, -0.1) is 0 Å². The molecule has 0 aliphatic carbocycles. The van der Waals surface area contributed by atoms with Crippen molar-refractivity contribution in [1.29, 1.82) is 0 Å². The van der Waals surface area contributed by atoms with Crippen molar-refractivity contribution in [3.8, 4) is 0 Å². The van der Waals surface area contributed by atoms with E-state index in [9.17, 15) is 0 Å². The number of nitrogens with one attached hydrogen (secondary N) is 1. The lowest BCUT2D eigenvalue weighted by Crippen LogP contribution is -2.24. The van der Waals surface area contributed by atoms with E-state index in [1.807, 2.05) is 17.8 Å². The highest BCUT2D eigenvalue weighted by Gasteiger charge is 2.12. The number of hydrogen-bond acceptors (Lipinski definition) is 4. The van der Waals surface area contributed by atoms with Crippen molar-refractivity contribution in [2.24, 2.45) is 0 Å². The molecule has 2 aromatic rings. The maximum atomic E-state index is 4.42. The van der Waals surface area contributed by atoms with Crippen LogP contribution in [0.1, 0.15) is 51.1 Å². The van der Waals surface area contributed by atoms with Gasteiger partial charge in [-0.2, -0.15) is 5.10 Å². The molecule has 6 nitrogen and oxygen atoms in total. The highest BCUT2D eigenvalue weighted by Crippen LogP contribution is 2.11. The monoisotopic (exact) mass is 276 g/mol. The molecular weight excluding hydrogens is 252 g/mol. The Morgan fingerprint density at radius 3 is 2.60 bits per heavy atom. The second-order valence-electron chi connectivity index (χ2n) is 5.63. The van der Waals surface area contributed by atoms with Crippen LogP contribution in [0.25, 0.3) is 0 Å². The van der Waals surface area contributed by atoms with Gasteiger partial charge in [0.1, 0.15) is 18.0 Å². The minimum atomic E-state index is 0.313. The van der Waals surface area contributed by atoms with Gasteiger partial charge in [0.05, 0.1) is 12.2 Å². The van der Waals surface area contributed by atoms with Gasteiger partial charge >= 0.3 is 0 Å². The van der Waals surface area contributed by atoms with E-state index in [4.69, 9.17) is 0 Å². The number of aryl methyl sites for hydroxylation is 1. The Morgan fingerprint density at radius 1 is 1.20 bits per heavy atom. The van der Waals surface area contributed by atoms with Gasteiger partial charge in [0, 0.05) is 24.8 Å². The molecule has 0 aromatic carbocycles. The fraction of sp³-hybridized carbons (Fsp3) is 0.643. The van der Waals surface area contributed by atoms with Crippen molar-refractivity contribution >= 4 is 0 Å². The van der Waals surface area contributed by atoms with E-state index in [0.717, 1.165) is 18.2 Å². The first-order chi connectivity index (χ1) is 9.49. The third kappa shape index (κ3) is 3.25. The average molecular weight is 276 g/mol. The average Bonchev–Trinajstić information content (AvgIpc) is 2.96. The summed E-state index contributed by atoms with van der Waals surface area (Å²) >= 11 is 0. The fourth-order valence-corrected chi connectivity index (χ4v) is 2.14. The molecule has 0 aliphatic heterocycles. The maximum absolute atomic E-state index is 4.42. The molecule has 0 amide bonds. The van der Waals surface area contributed by atoms with Crippen molar-refractivity contribution in [1.82, 2.24) is 29.6 Å². The first-order valence-corrected chi connectivity index (χ1v) is 7.11. The molecule has 110 valence electrons. The quantitative estimate of drug-likeness (QED) is 0.875. The van der Waals surface area contributed by atoms with Crippen molar-refractivity contribution in [3.05, 3.63) is 29.9 Å². The second-order valence-corrected chi connectivity index (χ2v) is 5.63. The van der Waals surface area contributed by atoms with Crippen LogP contribution in [0.5, 0.6) is 0 Å². The summed E-state index contributed by atoms with van der Waals surface area (Å²) in [5, 5.41) is 7.71. The van der Waals surface area contributed by atoms with Crippen LogP contribution in [0.3, 0.4) is 0 Å². The van der Waals surface area contributed by atoms with Gasteiger partial charge in [-0.1, -0.05) is 13.8 Å². The van der Waals surface area contributed by atoms with Gasteiger partial charge in [0.15, 0.2) is 0 Å². The van der Waals surface area contributed by atoms with E-state index >= 15 is 0 Å². The summed E-state index contributed by atoms with van der Waals surface area (Å²) < 4.78 is 4.15. The maximum Gasteiger partial charge on any atom is 0.147 e. The first-order valence-electron chi connectivity index (χ1n) is 7.11. The molecule has 0 radical (unpaired) electrons. The van der Waals surface area contributed by atoms with Crippen molar-refractivity contribution in [2.45, 2.75) is 59.8 Å². The third-order valence-corrected chi connectivity index (χ3v) is 3.27. The Bertz CT molecular complexity index is 552. The number of hydrogen-bond donors (Lipinski definition) is 1. The highest BCUT2D eigenvalue weighted by molar-refractivity contribution is 5.07. The first kappa shape index (κ1) is 14.7. The molecule has 20 heavy (non-hydrogen) atoms. The molecule has 0 aliphatic rings. The molecule has 2 heterocycles. The topological polar surface area (TPSA) is 60.6 Å². The molecule has 0 fully saturated rings. The third-order valence-electron chi connectivity index (χ3n) is 3.27. The van der Waals surface area contributed by atoms with Crippen LogP contribution in [-0.4, -0.2) is 30.4 Å². The van der Waals surface area contributed by atoms with Crippen LogP contribution >= 0.6 is 0 Å². The van der Waals surface area contributed by atoms with E-state index in [-0.39, 0.29) is 0 Å². The van der Waals surface area contributed by atoms with Crippen LogP contribution in [0, 0.1) is 6.92 Å². The van der Waals surface area contributed by atoms with Gasteiger partial charge in [-0.05, 0) is 20.8 Å². The Hall–Kier alpha value is -1.69. The summed E-state index contributed by atoms with van der Waals surface area (Å²) in [6.07, 6.45) is 3.55. The lowest BCUT2D eigenvalue weighted by molar-refractivity contribution is 0.488. The van der Waals surface area contributed by atoms with Gasteiger partial charge in [0.25, 0.3) is 0 Å². The Morgan fingerprint density at radius 2 is 1.95 bits per heavy atom. The molecule has 0 saturated carbocycles. The van der Waals surface area contributed by atoms with Crippen molar-refractivity contribution < 1.29 is 0 Å². The number of aromatic nitrogens is 5. The number of rotatable bonds is 6. The molecule has 0 spiro atoms. The Labute approximate surface area is 120 Å². The Kier molecular flexibility index (Phi) is 4.54. The summed E-state index contributed by atoms with van der Waals surface area (Å²) in [5.74, 6) is 1.97. The SMILES string of the molecule is Cc1ncc(CNC(C)C)n1Cc1ncnn1C(C)C. The summed E-state index contributed by atoms with van der Waals surface area (Å²) in [4.78, 5) is 8.79. The molecule has 2 rings (SSSR count). The van der Waals surface area contributed by atoms with Gasteiger partial charge in [0.2, 0.25) is 0 Å². The summed E-state index contributed by atoms with van der Waals surface area (Å²) in [6, 6.07) is 0.770. The number of imidazole rings is 1. The molecule has 6 heteroatoms. The van der Waals surface area contributed by atoms with Crippen molar-refractivity contribution in [3.63, 3.8) is 0 Å². The lowest BCUT2D eigenvalue weighted by atomic mass is 10.3. The standard InChI is InChI=1S/C14H24N6/c1-10(2)15-6-13-7-16-12(5)19(13)8-14-17-9-18-20(14)11(3)4/h7,9-11,15H,6,8H2,1-5H3. The van der Waals surface area contributed by atoms with Crippen LogP contribution in [-0.2, 0) is 13.1 Å². The Balaban J connectivity index is 2.20. The van der Waals surface area contributed by atoms with E-state index < -0.39 is 0 Å². The second kappa shape index (κ2) is 6.17. The zero-order valence-electron chi connectivity index (χ0n) is 13.0. The summed E-state index contributed by atoms with van der Waals surface area (Å²) in [7, 11) is 0. The van der Waals surface area contributed by atoms with Crippen molar-refractivity contribution in [2.75, 3.05) is 0 Å². The molecule has 0 atom stereocenters. The lowest BCUT2D eigenvalue weighted by Gasteiger charge is -2.14. The van der Waals surface area contributed by atoms with E-state index in [1.54, 1.807) is 6.33 Å². The molecule has 0 saturated heterocycles. The number of nitrogens with zero attached hydrogens (tertiary/aromatic N) is 5. The molecule has 0 unspecified atom stereocenters. The fourth-order valence-electron chi connectivity index (χ4n) is 2.14. The zero-order valence-corrected chi connectivity index (χ0v) is 13.0. The minimum Gasteiger partial charge on any atom is -0.323 e. The summed E-state index contributed by atoms with van der Waals surface area (Å²) in [5.41, 5.74) is 1.18. The predicted molar refractivity (Wildman–Crippen MR) is 78.4 cm³/mol. The summed E-state index contributed by atoms with van der Waals surface area (Å²) in [6.45, 7) is 12.1. The smallest absolute Gasteiger partial charge is 0.147 e. The zero-order chi connectivity index (χ0) is 14.7. The van der Waals surface area contributed by atoms with Crippen LogP contribution < -0.4 is 5.32 Å². The molecule has 0 bridgehead atoms. The van der Waals surface area contributed by atoms with Gasteiger partial charge in [-0.25, -0.2) is 14.6 Å². The van der Waals surface area contributed by atoms with Crippen LogP contribution in [0.4, 0.5) is 0 Å². The molecule has 1 N–H and O–H groups in total. The highest BCUT2D eigenvalue weighted by atomic mass is 15.4. The van der Waals surface area contributed by atoms with Crippen LogP contribution in [0.2, 0.25) is 0 Å². The molecular formula is C14H24N6. The predicted octanol–water partition coefficient (Wildman–Crippen LogP) is 1.91. The minimum absolute atomic E-state index is 0.313. The van der Waals surface area contributed by atoms with E-state index in [0.29, 0.717) is 18.6 Å². The van der Waals surface area contributed by atoms with E-state index in [2.05, 4.69) is 52.6 Å². The molecule has 2 aromatic heterocycles.